The van der Waals surface area contributed by atoms with E-state index in [1.807, 2.05) is 0 Å². The van der Waals surface area contributed by atoms with Crippen molar-refractivity contribution in [3.8, 4) is 0 Å². The molecule has 1 rings (SSSR count). The van der Waals surface area contributed by atoms with Gasteiger partial charge in [0.1, 0.15) is 0 Å². The van der Waals surface area contributed by atoms with Gasteiger partial charge < -0.3 is 4.57 Å². The van der Waals surface area contributed by atoms with Crippen molar-refractivity contribution in [2.45, 2.75) is 20.8 Å². The summed E-state index contributed by atoms with van der Waals surface area (Å²) in [5.74, 6) is 0.583. The van der Waals surface area contributed by atoms with Gasteiger partial charge in [0.15, 0.2) is 0 Å². The van der Waals surface area contributed by atoms with Crippen LogP contribution >= 0.6 is 7.14 Å². The molecule has 1 nitrogen and oxygen atoms in total. The standard InChI is InChI=1S/C9H17OP/c1-8(2)6-11(10)5-4-9(3)7-11/h4,8H,5-7H2,1-3H3/t11-/m1/s1. The molecule has 0 saturated heterocycles. The van der Waals surface area contributed by atoms with Crippen molar-refractivity contribution >= 4 is 7.14 Å². The maximum atomic E-state index is 12.0. The number of rotatable bonds is 2. The Morgan fingerprint density at radius 3 is 2.64 bits per heavy atom. The second-order valence-electron chi connectivity index (χ2n) is 4.03. The monoisotopic (exact) mass is 172 g/mol. The molecule has 1 aliphatic heterocycles. The zero-order chi connectivity index (χ0) is 8.48. The molecule has 64 valence electrons. The van der Waals surface area contributed by atoms with Gasteiger partial charge in [0.2, 0.25) is 0 Å². The Hall–Kier alpha value is -0.0300. The van der Waals surface area contributed by atoms with E-state index >= 15 is 0 Å². The first kappa shape index (κ1) is 9.06. The summed E-state index contributed by atoms with van der Waals surface area (Å²) in [6, 6.07) is 0. The van der Waals surface area contributed by atoms with Crippen molar-refractivity contribution < 1.29 is 4.57 Å². The van der Waals surface area contributed by atoms with Crippen LogP contribution in [0.4, 0.5) is 0 Å². The lowest BCUT2D eigenvalue weighted by molar-refractivity contribution is 0.570. The summed E-state index contributed by atoms with van der Waals surface area (Å²) in [7, 11) is -1.77. The molecule has 0 N–H and O–H groups in total. The second kappa shape index (κ2) is 3.15. The molecule has 0 aliphatic carbocycles. The highest BCUT2D eigenvalue weighted by atomic mass is 31.2. The van der Waals surface area contributed by atoms with Crippen LogP contribution in [0.25, 0.3) is 0 Å². The summed E-state index contributed by atoms with van der Waals surface area (Å²) < 4.78 is 12.0. The molecule has 0 radical (unpaired) electrons. The SMILES string of the molecule is CC1=CC[P@@](=O)(CC(C)C)C1. The Morgan fingerprint density at radius 1 is 1.64 bits per heavy atom. The molecular weight excluding hydrogens is 155 g/mol. The van der Waals surface area contributed by atoms with Gasteiger partial charge in [-0.1, -0.05) is 25.5 Å². The Morgan fingerprint density at radius 2 is 2.27 bits per heavy atom. The predicted molar refractivity (Wildman–Crippen MR) is 50.8 cm³/mol. The van der Waals surface area contributed by atoms with E-state index in [0.29, 0.717) is 5.92 Å². The van der Waals surface area contributed by atoms with Crippen LogP contribution in [0.1, 0.15) is 20.8 Å². The third-order valence-electron chi connectivity index (χ3n) is 2.01. The summed E-state index contributed by atoms with van der Waals surface area (Å²) in [6.07, 6.45) is 4.81. The minimum absolute atomic E-state index is 0.583. The summed E-state index contributed by atoms with van der Waals surface area (Å²) in [5.41, 5.74) is 1.33. The van der Waals surface area contributed by atoms with Gasteiger partial charge in [-0.3, -0.25) is 0 Å². The maximum Gasteiger partial charge on any atom is 0.0954 e. The van der Waals surface area contributed by atoms with Crippen LogP contribution in [0.5, 0.6) is 0 Å². The van der Waals surface area contributed by atoms with Crippen LogP contribution in [0.15, 0.2) is 11.6 Å². The third kappa shape index (κ3) is 2.48. The van der Waals surface area contributed by atoms with E-state index in [1.165, 1.54) is 5.57 Å². The molecule has 0 aromatic heterocycles. The molecule has 1 aliphatic rings. The average Bonchev–Trinajstić information content (AvgIpc) is 2.08. The average molecular weight is 172 g/mol. The predicted octanol–water partition coefficient (Wildman–Crippen LogP) is 2.97. The summed E-state index contributed by atoms with van der Waals surface area (Å²) in [4.78, 5) is 0. The zero-order valence-corrected chi connectivity index (χ0v) is 8.53. The smallest absolute Gasteiger partial charge is 0.0954 e. The number of allylic oxidation sites excluding steroid dienone is 2. The van der Waals surface area contributed by atoms with Gasteiger partial charge in [-0.05, 0) is 12.8 Å². The number of hydrogen-bond donors (Lipinski definition) is 0. The van der Waals surface area contributed by atoms with Crippen LogP contribution in [-0.2, 0) is 4.57 Å². The van der Waals surface area contributed by atoms with Gasteiger partial charge in [-0.15, -0.1) is 0 Å². The number of hydrogen-bond acceptors (Lipinski definition) is 1. The van der Waals surface area contributed by atoms with Crippen molar-refractivity contribution in [3.05, 3.63) is 11.6 Å². The van der Waals surface area contributed by atoms with Gasteiger partial charge >= 0.3 is 0 Å². The van der Waals surface area contributed by atoms with Crippen LogP contribution in [0.2, 0.25) is 0 Å². The molecule has 0 aromatic carbocycles. The molecule has 0 bridgehead atoms. The molecule has 0 unspecified atom stereocenters. The van der Waals surface area contributed by atoms with Gasteiger partial charge in [-0.2, -0.15) is 0 Å². The lowest BCUT2D eigenvalue weighted by Crippen LogP contribution is -2.00. The first-order valence-corrected chi connectivity index (χ1v) is 6.51. The Balaban J connectivity index is 2.53. The molecule has 0 fully saturated rings. The molecule has 0 saturated carbocycles. The molecule has 11 heavy (non-hydrogen) atoms. The molecular formula is C9H17OP. The lowest BCUT2D eigenvalue weighted by Gasteiger charge is -2.13. The van der Waals surface area contributed by atoms with Gasteiger partial charge in [-0.25, -0.2) is 0 Å². The molecule has 0 amide bonds. The van der Waals surface area contributed by atoms with E-state index in [9.17, 15) is 4.57 Å². The largest absolute Gasteiger partial charge is 0.323 e. The molecule has 2 heteroatoms. The van der Waals surface area contributed by atoms with E-state index in [0.717, 1.165) is 18.5 Å². The molecule has 0 spiro atoms. The Kier molecular flexibility index (Phi) is 2.59. The van der Waals surface area contributed by atoms with Crippen LogP contribution in [0, 0.1) is 5.92 Å². The molecule has 1 atom stereocenters. The highest BCUT2D eigenvalue weighted by molar-refractivity contribution is 7.64. The van der Waals surface area contributed by atoms with Crippen molar-refractivity contribution in [3.63, 3.8) is 0 Å². The van der Waals surface area contributed by atoms with Crippen molar-refractivity contribution in [2.24, 2.45) is 5.92 Å². The van der Waals surface area contributed by atoms with Crippen molar-refractivity contribution in [1.82, 2.24) is 0 Å². The summed E-state index contributed by atoms with van der Waals surface area (Å²) in [5, 5.41) is 0. The molecule has 1 heterocycles. The lowest BCUT2D eigenvalue weighted by atomic mass is 10.3. The minimum Gasteiger partial charge on any atom is -0.323 e. The van der Waals surface area contributed by atoms with Gasteiger partial charge in [0, 0.05) is 18.5 Å². The van der Waals surface area contributed by atoms with E-state index < -0.39 is 7.14 Å². The Bertz CT molecular complexity index is 216. The van der Waals surface area contributed by atoms with Gasteiger partial charge in [0.05, 0.1) is 7.14 Å². The van der Waals surface area contributed by atoms with E-state index in [1.54, 1.807) is 0 Å². The van der Waals surface area contributed by atoms with Crippen LogP contribution < -0.4 is 0 Å². The topological polar surface area (TPSA) is 17.1 Å². The third-order valence-corrected chi connectivity index (χ3v) is 5.33. The Labute approximate surface area is 69.3 Å². The van der Waals surface area contributed by atoms with Crippen LogP contribution in [-0.4, -0.2) is 18.5 Å². The van der Waals surface area contributed by atoms with E-state index in [4.69, 9.17) is 0 Å². The fourth-order valence-electron chi connectivity index (χ4n) is 1.71. The van der Waals surface area contributed by atoms with Crippen LogP contribution in [0.3, 0.4) is 0 Å². The van der Waals surface area contributed by atoms with Gasteiger partial charge in [0.25, 0.3) is 0 Å². The van der Waals surface area contributed by atoms with E-state index in [-0.39, 0.29) is 0 Å². The van der Waals surface area contributed by atoms with Crippen molar-refractivity contribution in [2.75, 3.05) is 18.5 Å². The first-order chi connectivity index (χ1) is 5.02. The highest BCUT2D eigenvalue weighted by Crippen LogP contribution is 2.52. The maximum absolute atomic E-state index is 12.0. The first-order valence-electron chi connectivity index (χ1n) is 4.24. The summed E-state index contributed by atoms with van der Waals surface area (Å²) >= 11 is 0. The van der Waals surface area contributed by atoms with E-state index in [2.05, 4.69) is 26.8 Å². The fraction of sp³-hybridized carbons (Fsp3) is 0.778. The van der Waals surface area contributed by atoms with Crippen molar-refractivity contribution in [1.29, 1.82) is 0 Å². The zero-order valence-electron chi connectivity index (χ0n) is 7.63. The fourth-order valence-corrected chi connectivity index (χ4v) is 5.13. The molecule has 0 aromatic rings. The quantitative estimate of drug-likeness (QED) is 0.462. The highest BCUT2D eigenvalue weighted by Gasteiger charge is 2.26. The summed E-state index contributed by atoms with van der Waals surface area (Å²) in [6.45, 7) is 6.38. The minimum atomic E-state index is -1.77. The normalized spacial score (nSPS) is 31.1. The second-order valence-corrected chi connectivity index (χ2v) is 7.19.